The van der Waals surface area contributed by atoms with Crippen LogP contribution < -0.4 is 10.5 Å². The molecule has 0 fully saturated rings. The summed E-state index contributed by atoms with van der Waals surface area (Å²) in [5, 5.41) is 10.3. The summed E-state index contributed by atoms with van der Waals surface area (Å²) in [6, 6.07) is 9.72. The van der Waals surface area contributed by atoms with Crippen molar-refractivity contribution in [2.75, 3.05) is 0 Å². The van der Waals surface area contributed by atoms with Crippen LogP contribution in [0.2, 0.25) is 0 Å². The number of nitrogen functional groups attached to an aromatic ring is 1. The lowest BCUT2D eigenvalue weighted by Crippen LogP contribution is -2.13. The normalized spacial score (nSPS) is 9.11. The summed E-state index contributed by atoms with van der Waals surface area (Å²) in [6.45, 7) is 2.49. The fourth-order valence-electron chi connectivity index (χ4n) is 1.62. The third-order valence-electron chi connectivity index (χ3n) is 2.46. The topological polar surface area (TPSA) is 59.1 Å². The van der Waals surface area contributed by atoms with Crippen LogP contribution >= 0.6 is 36.2 Å². The fourth-order valence-corrected chi connectivity index (χ4v) is 2.19. The molecule has 0 aliphatic rings. The van der Waals surface area contributed by atoms with E-state index >= 15 is 0 Å². The van der Waals surface area contributed by atoms with Gasteiger partial charge in [-0.25, -0.2) is 0 Å². The number of ether oxygens (including phenoxy) is 1. The first-order valence-electron chi connectivity index (χ1n) is 5.27. The molecule has 2 rings (SSSR count). The Morgan fingerprint density at radius 3 is 2.58 bits per heavy atom. The van der Waals surface area contributed by atoms with E-state index in [-0.39, 0.29) is 30.6 Å². The summed E-state index contributed by atoms with van der Waals surface area (Å²) in [5.74, 6) is 0.105. The number of rotatable bonds is 4. The lowest BCUT2D eigenvalue weighted by molar-refractivity contribution is 0.315. The predicted octanol–water partition coefficient (Wildman–Crippen LogP) is 3.76. The van der Waals surface area contributed by atoms with Crippen molar-refractivity contribution in [1.29, 1.82) is 5.41 Å². The van der Waals surface area contributed by atoms with E-state index < -0.39 is 0 Å². The van der Waals surface area contributed by atoms with Crippen molar-refractivity contribution >= 4 is 42.0 Å². The number of nitrogens with two attached hydrogens (primary N) is 1. The number of hydrogen-bond acceptors (Lipinski definition) is 3. The predicted molar refractivity (Wildman–Crippen MR) is 85.3 cm³/mol. The number of halogens is 2. The molecule has 0 bridgehead atoms. The monoisotopic (exact) mass is 318 g/mol. The van der Waals surface area contributed by atoms with Gasteiger partial charge in [-0.05, 0) is 35.6 Å². The first-order valence-corrected chi connectivity index (χ1v) is 6.15. The third kappa shape index (κ3) is 4.74. The van der Waals surface area contributed by atoms with Gasteiger partial charge in [0, 0.05) is 5.56 Å². The van der Waals surface area contributed by atoms with Gasteiger partial charge < -0.3 is 10.5 Å². The SMILES string of the molecule is Cc1cc(COc2cccs2)ccc1C(=N)N.Cl.Cl. The van der Waals surface area contributed by atoms with Crippen molar-refractivity contribution in [2.24, 2.45) is 5.73 Å². The molecule has 3 N–H and O–H groups in total. The zero-order valence-corrected chi connectivity index (χ0v) is 12.8. The van der Waals surface area contributed by atoms with Gasteiger partial charge >= 0.3 is 0 Å². The van der Waals surface area contributed by atoms with Crippen molar-refractivity contribution in [3.05, 3.63) is 52.4 Å². The highest BCUT2D eigenvalue weighted by atomic mass is 35.5. The van der Waals surface area contributed by atoms with E-state index in [1.54, 1.807) is 11.3 Å². The Balaban J connectivity index is 0.00000162. The van der Waals surface area contributed by atoms with Crippen molar-refractivity contribution < 1.29 is 4.74 Å². The number of amidine groups is 1. The average molecular weight is 319 g/mol. The van der Waals surface area contributed by atoms with Crippen LogP contribution in [0.25, 0.3) is 0 Å². The molecule has 0 unspecified atom stereocenters. The van der Waals surface area contributed by atoms with Gasteiger partial charge in [0.25, 0.3) is 0 Å². The first kappa shape index (κ1) is 17.8. The zero-order valence-electron chi connectivity index (χ0n) is 10.4. The Kier molecular flexibility index (Phi) is 7.52. The van der Waals surface area contributed by atoms with E-state index in [1.807, 2.05) is 42.6 Å². The molecule has 0 spiro atoms. The lowest BCUT2D eigenvalue weighted by Gasteiger charge is -2.08. The molecule has 0 atom stereocenters. The second-order valence-electron chi connectivity index (χ2n) is 3.78. The largest absolute Gasteiger partial charge is 0.479 e. The van der Waals surface area contributed by atoms with Crippen LogP contribution in [-0.4, -0.2) is 5.84 Å². The molecule has 0 aliphatic carbocycles. The summed E-state index contributed by atoms with van der Waals surface area (Å²) >= 11 is 1.58. The number of nitrogens with one attached hydrogen (secondary N) is 1. The minimum atomic E-state index is 0. The van der Waals surface area contributed by atoms with E-state index in [9.17, 15) is 0 Å². The molecule has 6 heteroatoms. The molecule has 1 heterocycles. The highest BCUT2D eigenvalue weighted by Gasteiger charge is 2.03. The molecule has 0 aliphatic heterocycles. The quantitative estimate of drug-likeness (QED) is 0.666. The van der Waals surface area contributed by atoms with Gasteiger partial charge in [0.05, 0.1) is 0 Å². The zero-order chi connectivity index (χ0) is 12.3. The van der Waals surface area contributed by atoms with Crippen LogP contribution in [0.15, 0.2) is 35.7 Å². The molecule has 0 saturated carbocycles. The van der Waals surface area contributed by atoms with Gasteiger partial charge in [-0.1, -0.05) is 18.2 Å². The maximum absolute atomic E-state index is 7.41. The van der Waals surface area contributed by atoms with E-state index in [1.165, 1.54) is 0 Å². The molecule has 2 aromatic rings. The number of aryl methyl sites for hydroxylation is 1. The van der Waals surface area contributed by atoms with Crippen LogP contribution in [0, 0.1) is 12.3 Å². The highest BCUT2D eigenvalue weighted by Crippen LogP contribution is 2.20. The summed E-state index contributed by atoms with van der Waals surface area (Å²) in [5.41, 5.74) is 8.34. The second kappa shape index (κ2) is 8.04. The lowest BCUT2D eigenvalue weighted by atomic mass is 10.0. The number of benzene rings is 1. The van der Waals surface area contributed by atoms with E-state index in [2.05, 4.69) is 0 Å². The highest BCUT2D eigenvalue weighted by molar-refractivity contribution is 7.11. The summed E-state index contributed by atoms with van der Waals surface area (Å²) in [7, 11) is 0. The Morgan fingerprint density at radius 1 is 1.32 bits per heavy atom. The summed E-state index contributed by atoms with van der Waals surface area (Å²) in [6.07, 6.45) is 0. The fraction of sp³-hybridized carbons (Fsp3) is 0.154. The van der Waals surface area contributed by atoms with Crippen LogP contribution in [0.5, 0.6) is 5.06 Å². The molecule has 104 valence electrons. The Bertz CT molecular complexity index is 529. The molecular weight excluding hydrogens is 303 g/mol. The van der Waals surface area contributed by atoms with Gasteiger partial charge in [-0.2, -0.15) is 0 Å². The molecule has 1 aromatic carbocycles. The van der Waals surface area contributed by atoms with E-state index in [4.69, 9.17) is 15.9 Å². The first-order chi connectivity index (χ1) is 8.16. The van der Waals surface area contributed by atoms with Gasteiger partial charge in [0.1, 0.15) is 12.4 Å². The third-order valence-corrected chi connectivity index (χ3v) is 3.24. The van der Waals surface area contributed by atoms with Gasteiger partial charge in [0.2, 0.25) is 0 Å². The van der Waals surface area contributed by atoms with Gasteiger partial charge in [-0.15, -0.1) is 36.2 Å². The molecule has 0 radical (unpaired) electrons. The molecule has 19 heavy (non-hydrogen) atoms. The van der Waals surface area contributed by atoms with E-state index in [0.29, 0.717) is 6.61 Å². The summed E-state index contributed by atoms with van der Waals surface area (Å²) < 4.78 is 5.62. The average Bonchev–Trinajstić information content (AvgIpc) is 2.78. The van der Waals surface area contributed by atoms with Crippen LogP contribution in [0.4, 0.5) is 0 Å². The molecule has 3 nitrogen and oxygen atoms in total. The standard InChI is InChI=1S/C13H14N2OS.2ClH/c1-9-7-10(4-5-11(9)13(14)15)8-16-12-3-2-6-17-12;;/h2-7H,8H2,1H3,(H3,14,15);2*1H. The Morgan fingerprint density at radius 2 is 2.05 bits per heavy atom. The smallest absolute Gasteiger partial charge is 0.174 e. The molecule has 0 amide bonds. The van der Waals surface area contributed by atoms with Crippen molar-refractivity contribution in [1.82, 2.24) is 0 Å². The Labute approximate surface area is 129 Å². The van der Waals surface area contributed by atoms with Crippen LogP contribution in [0.1, 0.15) is 16.7 Å². The maximum atomic E-state index is 7.41. The molecule has 1 aromatic heterocycles. The molecule has 0 saturated heterocycles. The van der Waals surface area contributed by atoms with Crippen molar-refractivity contribution in [2.45, 2.75) is 13.5 Å². The minimum absolute atomic E-state index is 0. The second-order valence-corrected chi connectivity index (χ2v) is 4.69. The van der Waals surface area contributed by atoms with Crippen molar-refractivity contribution in [3.63, 3.8) is 0 Å². The summed E-state index contributed by atoms with van der Waals surface area (Å²) in [4.78, 5) is 0. The molecular formula is C13H16Cl2N2OS. The van der Waals surface area contributed by atoms with Crippen LogP contribution in [-0.2, 0) is 6.61 Å². The van der Waals surface area contributed by atoms with E-state index in [0.717, 1.165) is 21.8 Å². The van der Waals surface area contributed by atoms with Gasteiger partial charge in [-0.3, -0.25) is 5.41 Å². The van der Waals surface area contributed by atoms with Crippen molar-refractivity contribution in [3.8, 4) is 5.06 Å². The van der Waals surface area contributed by atoms with Gasteiger partial charge in [0.15, 0.2) is 5.06 Å². The Hall–Kier alpha value is -1.23. The number of thiophene rings is 1. The minimum Gasteiger partial charge on any atom is -0.479 e. The van der Waals surface area contributed by atoms with Crippen LogP contribution in [0.3, 0.4) is 0 Å². The number of hydrogen-bond donors (Lipinski definition) is 2. The maximum Gasteiger partial charge on any atom is 0.174 e.